The summed E-state index contributed by atoms with van der Waals surface area (Å²) in [5.41, 5.74) is 0.682. The van der Waals surface area contributed by atoms with Gasteiger partial charge in [0.2, 0.25) is 5.91 Å². The van der Waals surface area contributed by atoms with Crippen molar-refractivity contribution in [1.82, 2.24) is 10.2 Å². The molecule has 0 atom stereocenters. The summed E-state index contributed by atoms with van der Waals surface area (Å²) in [7, 11) is 0. The summed E-state index contributed by atoms with van der Waals surface area (Å²) in [4.78, 5) is 38.3. The van der Waals surface area contributed by atoms with Gasteiger partial charge in [0, 0.05) is 51.3 Å². The standard InChI is InChI=1S/C18H26N4O4/c1-13(2)6-7-19-18(24)15-4-5-16(17(12-15)22(25)26)21-10-8-20(9-11-21)14(3)23/h4-5,12-13H,6-11H2,1-3H3,(H,19,24). The highest BCUT2D eigenvalue weighted by Gasteiger charge is 2.25. The molecule has 8 nitrogen and oxygen atoms in total. The van der Waals surface area contributed by atoms with Gasteiger partial charge < -0.3 is 15.1 Å². The van der Waals surface area contributed by atoms with Gasteiger partial charge in [-0.3, -0.25) is 19.7 Å². The zero-order valence-electron chi connectivity index (χ0n) is 15.5. The molecule has 1 saturated heterocycles. The average molecular weight is 362 g/mol. The Balaban J connectivity index is 2.13. The molecular weight excluding hydrogens is 336 g/mol. The molecule has 1 heterocycles. The number of benzene rings is 1. The molecule has 1 aromatic carbocycles. The Bertz CT molecular complexity index is 682. The normalized spacial score (nSPS) is 14.5. The van der Waals surface area contributed by atoms with Crippen molar-refractivity contribution >= 4 is 23.2 Å². The third-order valence-corrected chi connectivity index (χ3v) is 4.51. The van der Waals surface area contributed by atoms with Crippen molar-refractivity contribution in [2.24, 2.45) is 5.92 Å². The van der Waals surface area contributed by atoms with Crippen LogP contribution in [0.3, 0.4) is 0 Å². The first-order chi connectivity index (χ1) is 12.3. The van der Waals surface area contributed by atoms with Crippen LogP contribution in [0.15, 0.2) is 18.2 Å². The quantitative estimate of drug-likeness (QED) is 0.617. The Morgan fingerprint density at radius 3 is 2.42 bits per heavy atom. The highest BCUT2D eigenvalue weighted by Crippen LogP contribution is 2.30. The van der Waals surface area contributed by atoms with Crippen LogP contribution in [0.5, 0.6) is 0 Å². The number of piperazine rings is 1. The lowest BCUT2D eigenvalue weighted by Crippen LogP contribution is -2.48. The van der Waals surface area contributed by atoms with Gasteiger partial charge in [0.05, 0.1) is 4.92 Å². The first-order valence-corrected chi connectivity index (χ1v) is 8.86. The van der Waals surface area contributed by atoms with E-state index in [2.05, 4.69) is 19.2 Å². The number of amides is 2. The summed E-state index contributed by atoms with van der Waals surface area (Å²) in [5.74, 6) is 0.176. The molecule has 8 heteroatoms. The number of nitrogens with zero attached hydrogens (tertiary/aromatic N) is 3. The Morgan fingerprint density at radius 1 is 1.23 bits per heavy atom. The zero-order valence-corrected chi connectivity index (χ0v) is 15.5. The maximum Gasteiger partial charge on any atom is 0.293 e. The predicted molar refractivity (Wildman–Crippen MR) is 99.4 cm³/mol. The molecule has 2 rings (SSSR count). The van der Waals surface area contributed by atoms with Gasteiger partial charge in [-0.15, -0.1) is 0 Å². The number of nitro groups is 1. The van der Waals surface area contributed by atoms with Crippen LogP contribution < -0.4 is 10.2 Å². The number of hydrogen-bond donors (Lipinski definition) is 1. The molecular formula is C18H26N4O4. The fourth-order valence-electron chi connectivity index (χ4n) is 2.92. The van der Waals surface area contributed by atoms with Gasteiger partial charge in [-0.2, -0.15) is 0 Å². The third-order valence-electron chi connectivity index (χ3n) is 4.51. The second kappa shape index (κ2) is 8.64. The summed E-state index contributed by atoms with van der Waals surface area (Å²) in [5, 5.41) is 14.3. The van der Waals surface area contributed by atoms with Crippen LogP contribution in [0.2, 0.25) is 0 Å². The topological polar surface area (TPSA) is 95.8 Å². The molecule has 1 aliphatic heterocycles. The van der Waals surface area contributed by atoms with Crippen LogP contribution in [0.25, 0.3) is 0 Å². The number of rotatable bonds is 6. The Hall–Kier alpha value is -2.64. The number of anilines is 1. The van der Waals surface area contributed by atoms with Crippen molar-refractivity contribution in [3.8, 4) is 0 Å². The Morgan fingerprint density at radius 2 is 1.88 bits per heavy atom. The maximum atomic E-state index is 12.2. The van der Waals surface area contributed by atoms with E-state index >= 15 is 0 Å². The van der Waals surface area contributed by atoms with Crippen molar-refractivity contribution in [3.05, 3.63) is 33.9 Å². The van der Waals surface area contributed by atoms with Crippen molar-refractivity contribution in [1.29, 1.82) is 0 Å². The second-order valence-corrected chi connectivity index (χ2v) is 6.89. The predicted octanol–water partition coefficient (Wildman–Crippen LogP) is 2.04. The van der Waals surface area contributed by atoms with E-state index in [1.165, 1.54) is 13.0 Å². The van der Waals surface area contributed by atoms with Crippen LogP contribution >= 0.6 is 0 Å². The van der Waals surface area contributed by atoms with Gasteiger partial charge in [0.25, 0.3) is 11.6 Å². The molecule has 1 fully saturated rings. The van der Waals surface area contributed by atoms with Crippen LogP contribution in [-0.4, -0.2) is 54.4 Å². The molecule has 0 radical (unpaired) electrons. The monoisotopic (exact) mass is 362 g/mol. The minimum absolute atomic E-state index is 0.00701. The number of carbonyl (C=O) groups excluding carboxylic acids is 2. The number of nitro benzene ring substituents is 1. The first-order valence-electron chi connectivity index (χ1n) is 8.86. The fourth-order valence-corrected chi connectivity index (χ4v) is 2.92. The Kier molecular flexibility index (Phi) is 6.54. The molecule has 142 valence electrons. The molecule has 0 spiro atoms. The summed E-state index contributed by atoms with van der Waals surface area (Å²) in [6.07, 6.45) is 0.854. The van der Waals surface area contributed by atoms with Gasteiger partial charge in [0.1, 0.15) is 5.69 Å². The number of hydrogen-bond acceptors (Lipinski definition) is 5. The summed E-state index contributed by atoms with van der Waals surface area (Å²) < 4.78 is 0. The van der Waals surface area contributed by atoms with E-state index in [0.717, 1.165) is 6.42 Å². The molecule has 0 aliphatic carbocycles. The van der Waals surface area contributed by atoms with E-state index in [-0.39, 0.29) is 23.1 Å². The Labute approximate surface area is 153 Å². The van der Waals surface area contributed by atoms with E-state index in [9.17, 15) is 19.7 Å². The van der Waals surface area contributed by atoms with Gasteiger partial charge in [-0.1, -0.05) is 13.8 Å². The van der Waals surface area contributed by atoms with Crippen molar-refractivity contribution in [2.45, 2.75) is 27.2 Å². The van der Waals surface area contributed by atoms with Crippen LogP contribution in [0.4, 0.5) is 11.4 Å². The van der Waals surface area contributed by atoms with E-state index in [1.807, 2.05) is 4.90 Å². The van der Waals surface area contributed by atoms with Crippen LogP contribution in [-0.2, 0) is 4.79 Å². The molecule has 0 saturated carbocycles. The largest absolute Gasteiger partial charge is 0.362 e. The smallest absolute Gasteiger partial charge is 0.293 e. The first kappa shape index (κ1) is 19.7. The summed E-state index contributed by atoms with van der Waals surface area (Å²) >= 11 is 0. The van der Waals surface area contributed by atoms with Gasteiger partial charge >= 0.3 is 0 Å². The second-order valence-electron chi connectivity index (χ2n) is 6.89. The van der Waals surface area contributed by atoms with Crippen LogP contribution in [0, 0.1) is 16.0 Å². The van der Waals surface area contributed by atoms with Crippen molar-refractivity contribution in [3.63, 3.8) is 0 Å². The van der Waals surface area contributed by atoms with Gasteiger partial charge in [0.15, 0.2) is 0 Å². The zero-order chi connectivity index (χ0) is 19.3. The molecule has 1 N–H and O–H groups in total. The number of carbonyl (C=O) groups is 2. The maximum absolute atomic E-state index is 12.2. The van der Waals surface area contributed by atoms with E-state index in [1.54, 1.807) is 17.0 Å². The molecule has 1 aromatic rings. The molecule has 26 heavy (non-hydrogen) atoms. The van der Waals surface area contributed by atoms with E-state index in [4.69, 9.17) is 0 Å². The lowest BCUT2D eigenvalue weighted by atomic mass is 10.1. The lowest BCUT2D eigenvalue weighted by molar-refractivity contribution is -0.384. The third kappa shape index (κ3) is 4.93. The van der Waals surface area contributed by atoms with Crippen molar-refractivity contribution < 1.29 is 14.5 Å². The van der Waals surface area contributed by atoms with E-state index < -0.39 is 4.92 Å². The molecule has 0 unspecified atom stereocenters. The minimum atomic E-state index is -0.461. The minimum Gasteiger partial charge on any atom is -0.362 e. The highest BCUT2D eigenvalue weighted by atomic mass is 16.6. The lowest BCUT2D eigenvalue weighted by Gasteiger charge is -2.35. The number of nitrogens with one attached hydrogen (secondary N) is 1. The summed E-state index contributed by atoms with van der Waals surface area (Å²) in [6, 6.07) is 4.57. The fraction of sp³-hybridized carbons (Fsp3) is 0.556. The molecule has 0 aromatic heterocycles. The van der Waals surface area contributed by atoms with Crippen LogP contribution in [0.1, 0.15) is 37.6 Å². The average Bonchev–Trinajstić information content (AvgIpc) is 2.60. The molecule has 0 bridgehead atoms. The van der Waals surface area contributed by atoms with E-state index in [0.29, 0.717) is 44.3 Å². The van der Waals surface area contributed by atoms with Gasteiger partial charge in [-0.25, -0.2) is 0 Å². The SMILES string of the molecule is CC(=O)N1CCN(c2ccc(C(=O)NCCC(C)C)cc2[N+](=O)[O-])CC1. The molecule has 1 aliphatic rings. The highest BCUT2D eigenvalue weighted by molar-refractivity contribution is 5.95. The van der Waals surface area contributed by atoms with Crippen molar-refractivity contribution in [2.75, 3.05) is 37.6 Å². The van der Waals surface area contributed by atoms with Gasteiger partial charge in [-0.05, 0) is 24.5 Å². The molecule has 2 amide bonds. The summed E-state index contributed by atoms with van der Waals surface area (Å²) in [6.45, 7) is 8.31.